The zero-order chi connectivity index (χ0) is 14.8. The van der Waals surface area contributed by atoms with E-state index in [4.69, 9.17) is 16.0 Å². The van der Waals surface area contributed by atoms with Crippen LogP contribution in [0, 0.1) is 6.92 Å². The first-order valence-electron chi connectivity index (χ1n) is 7.70. The summed E-state index contributed by atoms with van der Waals surface area (Å²) >= 11 is 6.24. The van der Waals surface area contributed by atoms with E-state index in [1.54, 1.807) is 11.0 Å². The second-order valence-corrected chi connectivity index (χ2v) is 6.44. The Hall–Kier alpha value is -1.32. The van der Waals surface area contributed by atoms with Gasteiger partial charge in [0.25, 0.3) is 0 Å². The molecule has 3 nitrogen and oxygen atoms in total. The van der Waals surface area contributed by atoms with Crippen LogP contribution in [0.4, 0.5) is 0 Å². The summed E-state index contributed by atoms with van der Waals surface area (Å²) in [6.45, 7) is 5.17. The molecule has 0 atom stereocenters. The van der Waals surface area contributed by atoms with Crippen molar-refractivity contribution < 1.29 is 9.32 Å². The maximum absolute atomic E-state index is 11.8. The first-order valence-corrected chi connectivity index (χ1v) is 8.08. The van der Waals surface area contributed by atoms with Gasteiger partial charge in [0.2, 0.25) is 0 Å². The van der Waals surface area contributed by atoms with E-state index in [1.165, 1.54) is 38.8 Å². The van der Waals surface area contributed by atoms with Crippen molar-refractivity contribution in [2.75, 3.05) is 13.1 Å². The molecule has 1 aromatic heterocycles. The summed E-state index contributed by atoms with van der Waals surface area (Å²) in [5.41, 5.74) is 2.37. The van der Waals surface area contributed by atoms with Crippen LogP contribution in [0.1, 0.15) is 36.8 Å². The first kappa shape index (κ1) is 14.6. The van der Waals surface area contributed by atoms with E-state index in [-0.39, 0.29) is 5.63 Å². The van der Waals surface area contributed by atoms with Crippen LogP contribution in [-0.4, -0.2) is 13.1 Å². The molecule has 112 valence electrons. The molecule has 1 fully saturated rings. The average molecular weight is 307 g/mol. The predicted molar refractivity (Wildman–Crippen MR) is 85.1 cm³/mol. The third-order valence-electron chi connectivity index (χ3n) is 4.36. The summed E-state index contributed by atoms with van der Waals surface area (Å²) < 4.78 is 5.33. The summed E-state index contributed by atoms with van der Waals surface area (Å²) in [7, 11) is 0. The van der Waals surface area contributed by atoms with Crippen LogP contribution >= 0.6 is 11.6 Å². The molecule has 0 radical (unpaired) electrons. The maximum Gasteiger partial charge on any atom is 0.336 e. The lowest BCUT2D eigenvalue weighted by Crippen LogP contribution is -3.10. The minimum atomic E-state index is -0.270. The van der Waals surface area contributed by atoms with Gasteiger partial charge in [-0.05, 0) is 50.3 Å². The Balaban J connectivity index is 2.00. The third-order valence-corrected chi connectivity index (χ3v) is 4.77. The van der Waals surface area contributed by atoms with Crippen molar-refractivity contribution in [3.05, 3.63) is 44.8 Å². The molecule has 0 aliphatic carbocycles. The van der Waals surface area contributed by atoms with Gasteiger partial charge in [-0.15, -0.1) is 0 Å². The van der Waals surface area contributed by atoms with Crippen LogP contribution in [0.25, 0.3) is 11.0 Å². The van der Waals surface area contributed by atoms with Gasteiger partial charge >= 0.3 is 5.63 Å². The Bertz CT molecular complexity index is 700. The van der Waals surface area contributed by atoms with Gasteiger partial charge in [-0.25, -0.2) is 4.79 Å². The van der Waals surface area contributed by atoms with Gasteiger partial charge in [-0.3, -0.25) is 0 Å². The first-order chi connectivity index (χ1) is 10.1. The number of likely N-dealkylation sites (tertiary alicyclic amines) is 1. The van der Waals surface area contributed by atoms with Crippen molar-refractivity contribution in [1.82, 2.24) is 0 Å². The van der Waals surface area contributed by atoms with Gasteiger partial charge in [0.15, 0.2) is 0 Å². The molecule has 1 aliphatic rings. The highest BCUT2D eigenvalue weighted by molar-refractivity contribution is 6.32. The van der Waals surface area contributed by atoms with Gasteiger partial charge in [0, 0.05) is 22.0 Å². The van der Waals surface area contributed by atoms with Crippen molar-refractivity contribution in [2.45, 2.75) is 39.2 Å². The molecule has 4 heteroatoms. The highest BCUT2D eigenvalue weighted by Crippen LogP contribution is 2.24. The van der Waals surface area contributed by atoms with E-state index < -0.39 is 0 Å². The highest BCUT2D eigenvalue weighted by atomic mass is 35.5. The Labute approximate surface area is 129 Å². The van der Waals surface area contributed by atoms with Gasteiger partial charge < -0.3 is 9.32 Å². The molecule has 0 bridgehead atoms. The molecule has 1 N–H and O–H groups in total. The fourth-order valence-electron chi connectivity index (χ4n) is 3.17. The normalized spacial score (nSPS) is 17.0. The molecule has 0 spiro atoms. The van der Waals surface area contributed by atoms with Crippen LogP contribution in [0.15, 0.2) is 27.4 Å². The zero-order valence-electron chi connectivity index (χ0n) is 12.4. The molecule has 1 aromatic carbocycles. The lowest BCUT2D eigenvalue weighted by molar-refractivity contribution is -0.913. The van der Waals surface area contributed by atoms with Crippen LogP contribution in [0.2, 0.25) is 5.02 Å². The van der Waals surface area contributed by atoms with E-state index in [1.807, 2.05) is 19.1 Å². The van der Waals surface area contributed by atoms with Crippen LogP contribution in [0.5, 0.6) is 0 Å². The molecule has 0 amide bonds. The van der Waals surface area contributed by atoms with Crippen molar-refractivity contribution in [3.63, 3.8) is 0 Å². The molecular weight excluding hydrogens is 286 g/mol. The number of quaternary nitrogens is 1. The second kappa shape index (κ2) is 6.20. The summed E-state index contributed by atoms with van der Waals surface area (Å²) in [5, 5.41) is 1.70. The summed E-state index contributed by atoms with van der Waals surface area (Å²) in [6, 6.07) is 5.42. The van der Waals surface area contributed by atoms with Gasteiger partial charge in [-0.1, -0.05) is 11.6 Å². The van der Waals surface area contributed by atoms with E-state index >= 15 is 0 Å². The fraction of sp³-hybridized carbons (Fsp3) is 0.471. The van der Waals surface area contributed by atoms with Gasteiger partial charge in [-0.2, -0.15) is 0 Å². The minimum Gasteiger partial charge on any atom is -0.423 e. The highest BCUT2D eigenvalue weighted by Gasteiger charge is 2.16. The Morgan fingerprint density at radius 3 is 2.57 bits per heavy atom. The van der Waals surface area contributed by atoms with Crippen LogP contribution in [-0.2, 0) is 6.54 Å². The zero-order valence-corrected chi connectivity index (χ0v) is 13.1. The van der Waals surface area contributed by atoms with Gasteiger partial charge in [0.05, 0.1) is 13.1 Å². The molecular formula is C17H21ClNO2+. The van der Waals surface area contributed by atoms with E-state index in [2.05, 4.69) is 0 Å². The molecule has 2 heterocycles. The number of rotatable bonds is 2. The lowest BCUT2D eigenvalue weighted by atomic mass is 10.1. The van der Waals surface area contributed by atoms with Crippen LogP contribution in [0.3, 0.4) is 0 Å². The summed E-state index contributed by atoms with van der Waals surface area (Å²) in [6.07, 6.45) is 5.20. The average Bonchev–Trinajstić information content (AvgIpc) is 2.69. The van der Waals surface area contributed by atoms with E-state index in [0.29, 0.717) is 5.58 Å². The second-order valence-electron chi connectivity index (χ2n) is 6.03. The SMILES string of the molecule is Cc1cc2oc(=O)cc(C[NH+]3CCCCCC3)c2cc1Cl. The fourth-order valence-corrected chi connectivity index (χ4v) is 3.33. The van der Waals surface area contributed by atoms with Gasteiger partial charge in [0.1, 0.15) is 12.1 Å². The molecule has 0 unspecified atom stereocenters. The summed E-state index contributed by atoms with van der Waals surface area (Å²) in [4.78, 5) is 13.4. The monoisotopic (exact) mass is 306 g/mol. The van der Waals surface area contributed by atoms with Crippen molar-refractivity contribution in [2.24, 2.45) is 0 Å². The third kappa shape index (κ3) is 3.30. The maximum atomic E-state index is 11.8. The predicted octanol–water partition coefficient (Wildman–Crippen LogP) is 2.71. The Morgan fingerprint density at radius 2 is 1.86 bits per heavy atom. The number of nitrogens with one attached hydrogen (secondary N) is 1. The lowest BCUT2D eigenvalue weighted by Gasteiger charge is -2.17. The summed E-state index contributed by atoms with van der Waals surface area (Å²) in [5.74, 6) is 0. The number of fused-ring (bicyclic) bond motifs is 1. The quantitative estimate of drug-likeness (QED) is 0.866. The molecule has 2 aromatic rings. The number of aryl methyl sites for hydroxylation is 1. The minimum absolute atomic E-state index is 0.270. The van der Waals surface area contributed by atoms with Crippen LogP contribution < -0.4 is 10.5 Å². The molecule has 1 aliphatic heterocycles. The number of benzene rings is 1. The molecule has 3 rings (SSSR count). The van der Waals surface area contributed by atoms with E-state index in [9.17, 15) is 4.79 Å². The Morgan fingerprint density at radius 1 is 1.14 bits per heavy atom. The topological polar surface area (TPSA) is 34.6 Å². The number of halogens is 1. The smallest absolute Gasteiger partial charge is 0.336 e. The van der Waals surface area contributed by atoms with E-state index in [0.717, 1.165) is 28.1 Å². The number of hydrogen-bond acceptors (Lipinski definition) is 2. The largest absolute Gasteiger partial charge is 0.423 e. The molecule has 21 heavy (non-hydrogen) atoms. The van der Waals surface area contributed by atoms with Crippen molar-refractivity contribution >= 4 is 22.6 Å². The molecule has 0 saturated carbocycles. The Kier molecular flexibility index (Phi) is 4.32. The standard InChI is InChI=1S/C17H20ClNO2/c1-12-8-16-14(10-15(12)18)13(9-17(20)21-16)11-19-6-4-2-3-5-7-19/h8-10H,2-7,11H2,1H3/p+1. The molecule has 1 saturated heterocycles. The van der Waals surface area contributed by atoms with Crippen molar-refractivity contribution in [3.8, 4) is 0 Å². The number of hydrogen-bond donors (Lipinski definition) is 1. The van der Waals surface area contributed by atoms with Crippen molar-refractivity contribution in [1.29, 1.82) is 0 Å².